The molecule has 2 aromatic rings. The molecule has 0 spiro atoms. The van der Waals surface area contributed by atoms with Gasteiger partial charge in [0.1, 0.15) is 5.56 Å². The highest BCUT2D eigenvalue weighted by molar-refractivity contribution is 5.95. The van der Waals surface area contributed by atoms with E-state index in [0.29, 0.717) is 22.8 Å². The van der Waals surface area contributed by atoms with Gasteiger partial charge in [0, 0.05) is 5.56 Å². The van der Waals surface area contributed by atoms with Crippen LogP contribution in [-0.2, 0) is 4.74 Å². The van der Waals surface area contributed by atoms with Crippen LogP contribution in [0.3, 0.4) is 0 Å². The Balaban J connectivity index is 2.42. The molecule has 0 atom stereocenters. The molecule has 1 aromatic carbocycles. The Kier molecular flexibility index (Phi) is 4.24. The Hall–Kier alpha value is -2.50. The molecule has 0 aliphatic heterocycles. The Morgan fingerprint density at radius 1 is 1.25 bits per heavy atom. The molecule has 0 unspecified atom stereocenters. The van der Waals surface area contributed by atoms with E-state index in [1.807, 2.05) is 0 Å². The summed E-state index contributed by atoms with van der Waals surface area (Å²) in [6, 6.07) is 5.19. The first-order valence-corrected chi connectivity index (χ1v) is 6.05. The van der Waals surface area contributed by atoms with Crippen molar-refractivity contribution in [3.05, 3.63) is 30.0 Å². The van der Waals surface area contributed by atoms with Crippen LogP contribution in [0.5, 0.6) is 11.5 Å². The number of hydrogen-bond donors (Lipinski definition) is 0. The van der Waals surface area contributed by atoms with Gasteiger partial charge in [-0.2, -0.15) is 0 Å². The summed E-state index contributed by atoms with van der Waals surface area (Å²) in [6.07, 6.45) is 1.34. The standard InChI is InChI=1S/C14H15NO5/c1-4-19-14(16)10-8-15-20-13(10)9-5-6-11(17-2)12(7-9)18-3/h5-8H,4H2,1-3H3. The van der Waals surface area contributed by atoms with Crippen molar-refractivity contribution >= 4 is 5.97 Å². The molecule has 1 aromatic heterocycles. The van der Waals surface area contributed by atoms with Crippen LogP contribution in [0.4, 0.5) is 0 Å². The van der Waals surface area contributed by atoms with E-state index in [1.54, 1.807) is 32.2 Å². The van der Waals surface area contributed by atoms with E-state index in [0.717, 1.165) is 0 Å². The lowest BCUT2D eigenvalue weighted by atomic mass is 10.1. The zero-order valence-electron chi connectivity index (χ0n) is 11.5. The molecule has 0 aliphatic rings. The minimum absolute atomic E-state index is 0.277. The smallest absolute Gasteiger partial charge is 0.343 e. The summed E-state index contributed by atoms with van der Waals surface area (Å²) in [5.74, 6) is 0.993. The lowest BCUT2D eigenvalue weighted by Crippen LogP contribution is -2.04. The zero-order chi connectivity index (χ0) is 14.5. The van der Waals surface area contributed by atoms with E-state index >= 15 is 0 Å². The van der Waals surface area contributed by atoms with Gasteiger partial charge in [0.2, 0.25) is 0 Å². The molecule has 0 radical (unpaired) electrons. The number of carbonyl (C=O) groups excluding carboxylic acids is 1. The van der Waals surface area contributed by atoms with E-state index in [9.17, 15) is 4.79 Å². The van der Waals surface area contributed by atoms with Crippen molar-refractivity contribution in [3.63, 3.8) is 0 Å². The maximum Gasteiger partial charge on any atom is 0.343 e. The Bertz CT molecular complexity index is 605. The molecule has 6 nitrogen and oxygen atoms in total. The highest BCUT2D eigenvalue weighted by Crippen LogP contribution is 2.33. The summed E-state index contributed by atoms with van der Waals surface area (Å²) >= 11 is 0. The van der Waals surface area contributed by atoms with Gasteiger partial charge in [-0.1, -0.05) is 5.16 Å². The number of aromatic nitrogens is 1. The van der Waals surface area contributed by atoms with Crippen LogP contribution in [0, 0.1) is 0 Å². The average molecular weight is 277 g/mol. The number of carbonyl (C=O) groups is 1. The molecule has 0 N–H and O–H groups in total. The number of esters is 1. The molecule has 0 saturated heterocycles. The second-order valence-corrected chi connectivity index (χ2v) is 3.86. The summed E-state index contributed by atoms with van der Waals surface area (Å²) in [4.78, 5) is 11.8. The largest absolute Gasteiger partial charge is 0.493 e. The van der Waals surface area contributed by atoms with Crippen molar-refractivity contribution < 1.29 is 23.5 Å². The number of rotatable bonds is 5. The van der Waals surface area contributed by atoms with E-state index < -0.39 is 5.97 Å². The molecule has 6 heteroatoms. The molecule has 0 saturated carbocycles. The van der Waals surface area contributed by atoms with E-state index in [2.05, 4.69) is 5.16 Å². The second kappa shape index (κ2) is 6.10. The number of ether oxygens (including phenoxy) is 3. The summed E-state index contributed by atoms with van der Waals surface area (Å²) in [7, 11) is 3.09. The van der Waals surface area contributed by atoms with Crippen LogP contribution in [0.2, 0.25) is 0 Å². The lowest BCUT2D eigenvalue weighted by Gasteiger charge is -2.08. The van der Waals surface area contributed by atoms with Gasteiger partial charge in [-0.3, -0.25) is 0 Å². The molecule has 0 fully saturated rings. The third-order valence-electron chi connectivity index (χ3n) is 2.71. The number of methoxy groups -OCH3 is 2. The van der Waals surface area contributed by atoms with Crippen LogP contribution < -0.4 is 9.47 Å². The van der Waals surface area contributed by atoms with Crippen LogP contribution in [0.15, 0.2) is 28.9 Å². The first kappa shape index (κ1) is 13.9. The van der Waals surface area contributed by atoms with Crippen molar-refractivity contribution in [2.45, 2.75) is 6.92 Å². The Morgan fingerprint density at radius 3 is 2.65 bits per heavy atom. The predicted octanol–water partition coefficient (Wildman–Crippen LogP) is 2.54. The van der Waals surface area contributed by atoms with Crippen LogP contribution >= 0.6 is 0 Å². The van der Waals surface area contributed by atoms with Gasteiger partial charge in [-0.15, -0.1) is 0 Å². The van der Waals surface area contributed by atoms with E-state index in [-0.39, 0.29) is 12.2 Å². The number of benzene rings is 1. The van der Waals surface area contributed by atoms with Crippen LogP contribution in [0.1, 0.15) is 17.3 Å². The van der Waals surface area contributed by atoms with Crippen LogP contribution in [-0.4, -0.2) is 32.0 Å². The van der Waals surface area contributed by atoms with Crippen LogP contribution in [0.25, 0.3) is 11.3 Å². The molecule has 106 valence electrons. The first-order valence-electron chi connectivity index (χ1n) is 6.05. The fraction of sp³-hybridized carbons (Fsp3) is 0.286. The normalized spacial score (nSPS) is 10.2. The fourth-order valence-electron chi connectivity index (χ4n) is 1.78. The van der Waals surface area contributed by atoms with Crippen molar-refractivity contribution in [2.75, 3.05) is 20.8 Å². The predicted molar refractivity (Wildman–Crippen MR) is 71.0 cm³/mol. The summed E-state index contributed by atoms with van der Waals surface area (Å²) < 4.78 is 20.5. The van der Waals surface area contributed by atoms with Gasteiger partial charge in [-0.25, -0.2) is 4.79 Å². The highest BCUT2D eigenvalue weighted by Gasteiger charge is 2.20. The molecular formula is C14H15NO5. The molecule has 0 amide bonds. The van der Waals surface area contributed by atoms with Gasteiger partial charge in [0.25, 0.3) is 0 Å². The van der Waals surface area contributed by atoms with Gasteiger partial charge in [0.05, 0.1) is 27.0 Å². The third kappa shape index (κ3) is 2.59. The topological polar surface area (TPSA) is 70.8 Å². The van der Waals surface area contributed by atoms with Crippen molar-refractivity contribution in [1.29, 1.82) is 0 Å². The monoisotopic (exact) mass is 277 g/mol. The minimum atomic E-state index is -0.474. The molecule has 1 heterocycles. The van der Waals surface area contributed by atoms with Crippen molar-refractivity contribution in [1.82, 2.24) is 5.16 Å². The maximum absolute atomic E-state index is 11.8. The van der Waals surface area contributed by atoms with Crippen molar-refractivity contribution in [3.8, 4) is 22.8 Å². The van der Waals surface area contributed by atoms with Gasteiger partial charge < -0.3 is 18.7 Å². The Morgan fingerprint density at radius 2 is 2.00 bits per heavy atom. The number of nitrogens with zero attached hydrogens (tertiary/aromatic N) is 1. The average Bonchev–Trinajstić information content (AvgIpc) is 2.96. The highest BCUT2D eigenvalue weighted by atomic mass is 16.5. The van der Waals surface area contributed by atoms with Gasteiger partial charge in [0.15, 0.2) is 17.3 Å². The van der Waals surface area contributed by atoms with E-state index in [4.69, 9.17) is 18.7 Å². The molecule has 0 bridgehead atoms. The molecule has 0 aliphatic carbocycles. The zero-order valence-corrected chi connectivity index (χ0v) is 11.5. The third-order valence-corrected chi connectivity index (χ3v) is 2.71. The minimum Gasteiger partial charge on any atom is -0.493 e. The van der Waals surface area contributed by atoms with Gasteiger partial charge >= 0.3 is 5.97 Å². The fourth-order valence-corrected chi connectivity index (χ4v) is 1.78. The molecule has 20 heavy (non-hydrogen) atoms. The molecule has 2 rings (SSSR count). The Labute approximate surface area is 116 Å². The van der Waals surface area contributed by atoms with E-state index in [1.165, 1.54) is 13.3 Å². The van der Waals surface area contributed by atoms with Gasteiger partial charge in [-0.05, 0) is 25.1 Å². The maximum atomic E-state index is 11.8. The number of hydrogen-bond acceptors (Lipinski definition) is 6. The summed E-state index contributed by atoms with van der Waals surface area (Å²) in [5, 5.41) is 3.65. The SMILES string of the molecule is CCOC(=O)c1cnoc1-c1ccc(OC)c(OC)c1. The van der Waals surface area contributed by atoms with Crippen molar-refractivity contribution in [2.24, 2.45) is 0 Å². The first-order chi connectivity index (χ1) is 9.71. The summed E-state index contributed by atoms with van der Waals surface area (Å²) in [6.45, 7) is 2.02. The second-order valence-electron chi connectivity index (χ2n) is 3.86. The summed E-state index contributed by atoms with van der Waals surface area (Å²) in [5.41, 5.74) is 0.933. The lowest BCUT2D eigenvalue weighted by molar-refractivity contribution is 0.0526. The quantitative estimate of drug-likeness (QED) is 0.782. The molecular weight excluding hydrogens is 262 g/mol.